The molecule has 2 fully saturated rings. The largest absolute Gasteiger partial charge is 0.386 e. The average Bonchev–Trinajstić information content (AvgIpc) is 2.92. The highest BCUT2D eigenvalue weighted by molar-refractivity contribution is 6.31. The standard InChI is InChI=1S/C23H23Cl2N3/c1-14-22(2)10-9-19(18-8-3-15(12-26)11-20(18)25)21(23(22,27)13-28-14)16-4-6-17(24)7-5-16/h3-8,11,19,21,28H,1,9-10,13,27H2,2H3. The number of hydrogen-bond acceptors (Lipinski definition) is 3. The smallest absolute Gasteiger partial charge is 0.0992 e. The Bertz CT molecular complexity index is 978. The minimum absolute atomic E-state index is 0.0423. The number of nitrogens with two attached hydrogens (primary N) is 1. The van der Waals surface area contributed by atoms with Crippen LogP contribution >= 0.6 is 23.2 Å². The Morgan fingerprint density at radius 3 is 2.57 bits per heavy atom. The van der Waals surface area contributed by atoms with E-state index >= 15 is 0 Å². The van der Waals surface area contributed by atoms with Crippen molar-refractivity contribution >= 4 is 23.2 Å². The summed E-state index contributed by atoms with van der Waals surface area (Å²) >= 11 is 12.8. The summed E-state index contributed by atoms with van der Waals surface area (Å²) in [5, 5.41) is 14.0. The number of rotatable bonds is 2. The highest BCUT2D eigenvalue weighted by Gasteiger charge is 2.60. The highest BCUT2D eigenvalue weighted by Crippen LogP contribution is 2.60. The van der Waals surface area contributed by atoms with Gasteiger partial charge in [0.2, 0.25) is 0 Å². The molecule has 0 bridgehead atoms. The van der Waals surface area contributed by atoms with Crippen molar-refractivity contribution in [3.05, 3.63) is 81.5 Å². The molecule has 0 amide bonds. The van der Waals surface area contributed by atoms with E-state index in [1.165, 1.54) is 0 Å². The van der Waals surface area contributed by atoms with Gasteiger partial charge in [0.1, 0.15) is 0 Å². The summed E-state index contributed by atoms with van der Waals surface area (Å²) in [6, 6.07) is 15.7. The minimum Gasteiger partial charge on any atom is -0.386 e. The lowest BCUT2D eigenvalue weighted by Gasteiger charge is -2.53. The molecule has 1 heterocycles. The van der Waals surface area contributed by atoms with Crippen LogP contribution in [0.2, 0.25) is 10.0 Å². The zero-order valence-electron chi connectivity index (χ0n) is 15.8. The Morgan fingerprint density at radius 1 is 1.21 bits per heavy atom. The first kappa shape index (κ1) is 19.3. The molecule has 1 saturated carbocycles. The molecule has 4 unspecified atom stereocenters. The van der Waals surface area contributed by atoms with E-state index in [0.29, 0.717) is 22.2 Å². The quantitative estimate of drug-likeness (QED) is 0.699. The van der Waals surface area contributed by atoms with Crippen LogP contribution in [0.5, 0.6) is 0 Å². The lowest BCUT2D eigenvalue weighted by atomic mass is 9.52. The third-order valence-corrected chi connectivity index (χ3v) is 7.54. The van der Waals surface area contributed by atoms with Gasteiger partial charge in [-0.25, -0.2) is 0 Å². The van der Waals surface area contributed by atoms with Gasteiger partial charge in [-0.1, -0.05) is 54.9 Å². The van der Waals surface area contributed by atoms with Crippen molar-refractivity contribution in [2.75, 3.05) is 6.54 Å². The van der Waals surface area contributed by atoms with Crippen LogP contribution in [0, 0.1) is 16.7 Å². The van der Waals surface area contributed by atoms with Crippen LogP contribution in [-0.2, 0) is 0 Å². The lowest BCUT2D eigenvalue weighted by Crippen LogP contribution is -2.61. The van der Waals surface area contributed by atoms with Gasteiger partial charge >= 0.3 is 0 Å². The van der Waals surface area contributed by atoms with Gasteiger partial charge in [0.15, 0.2) is 0 Å². The SMILES string of the molecule is C=C1NCC2(N)C(c3ccc(Cl)cc3)C(c3ccc(C#N)cc3Cl)CCC12C. The topological polar surface area (TPSA) is 61.8 Å². The molecular weight excluding hydrogens is 389 g/mol. The number of nitrogens with zero attached hydrogens (tertiary/aromatic N) is 1. The predicted molar refractivity (Wildman–Crippen MR) is 115 cm³/mol. The summed E-state index contributed by atoms with van der Waals surface area (Å²) in [5.74, 6) is 0.188. The number of fused-ring (bicyclic) bond motifs is 1. The highest BCUT2D eigenvalue weighted by atomic mass is 35.5. The fraction of sp³-hybridized carbons (Fsp3) is 0.348. The number of nitrogens with one attached hydrogen (secondary N) is 1. The zero-order valence-corrected chi connectivity index (χ0v) is 17.3. The second-order valence-corrected chi connectivity index (χ2v) is 9.07. The number of hydrogen-bond donors (Lipinski definition) is 2. The molecule has 5 heteroatoms. The molecule has 0 spiro atoms. The average molecular weight is 412 g/mol. The van der Waals surface area contributed by atoms with Crippen LogP contribution in [0.4, 0.5) is 0 Å². The number of benzene rings is 2. The van der Waals surface area contributed by atoms with Crippen molar-refractivity contribution < 1.29 is 0 Å². The second-order valence-electron chi connectivity index (χ2n) is 8.23. The Balaban J connectivity index is 1.88. The van der Waals surface area contributed by atoms with E-state index in [-0.39, 0.29) is 17.3 Å². The van der Waals surface area contributed by atoms with Crippen LogP contribution in [-0.4, -0.2) is 12.1 Å². The molecule has 144 valence electrons. The van der Waals surface area contributed by atoms with E-state index in [2.05, 4.69) is 37.0 Å². The summed E-state index contributed by atoms with van der Waals surface area (Å²) in [5.41, 5.74) is 10.3. The van der Waals surface area contributed by atoms with E-state index < -0.39 is 5.54 Å². The molecule has 2 aromatic rings. The zero-order chi connectivity index (χ0) is 20.1. The summed E-state index contributed by atoms with van der Waals surface area (Å²) in [7, 11) is 0. The van der Waals surface area contributed by atoms with Crippen molar-refractivity contribution in [1.29, 1.82) is 5.26 Å². The maximum absolute atomic E-state index is 9.19. The van der Waals surface area contributed by atoms with Gasteiger partial charge in [-0.2, -0.15) is 5.26 Å². The van der Waals surface area contributed by atoms with Crippen LogP contribution in [0.3, 0.4) is 0 Å². The van der Waals surface area contributed by atoms with Crippen molar-refractivity contribution in [2.24, 2.45) is 11.1 Å². The maximum atomic E-state index is 9.19. The van der Waals surface area contributed by atoms with E-state index in [1.54, 1.807) is 6.07 Å². The van der Waals surface area contributed by atoms with Gasteiger partial charge in [-0.3, -0.25) is 0 Å². The van der Waals surface area contributed by atoms with E-state index in [4.69, 9.17) is 28.9 Å². The van der Waals surface area contributed by atoms with Crippen LogP contribution in [0.25, 0.3) is 0 Å². The molecular formula is C23H23Cl2N3. The van der Waals surface area contributed by atoms with Crippen molar-refractivity contribution in [1.82, 2.24) is 5.32 Å². The van der Waals surface area contributed by atoms with Crippen molar-refractivity contribution in [3.63, 3.8) is 0 Å². The molecule has 0 radical (unpaired) electrons. The molecule has 28 heavy (non-hydrogen) atoms. The van der Waals surface area contributed by atoms with Crippen LogP contribution < -0.4 is 11.1 Å². The maximum Gasteiger partial charge on any atom is 0.0992 e. The molecule has 1 saturated heterocycles. The Kier molecular flexibility index (Phi) is 4.70. The van der Waals surface area contributed by atoms with Crippen molar-refractivity contribution in [3.8, 4) is 6.07 Å². The van der Waals surface area contributed by atoms with Gasteiger partial charge in [-0.05, 0) is 54.2 Å². The fourth-order valence-electron chi connectivity index (χ4n) is 5.16. The van der Waals surface area contributed by atoms with E-state index in [1.807, 2.05) is 24.3 Å². The molecule has 1 aliphatic heterocycles. The molecule has 2 aromatic carbocycles. The van der Waals surface area contributed by atoms with Crippen molar-refractivity contribution in [2.45, 2.75) is 37.1 Å². The molecule has 4 atom stereocenters. The molecule has 0 aromatic heterocycles. The lowest BCUT2D eigenvalue weighted by molar-refractivity contribution is 0.111. The Morgan fingerprint density at radius 2 is 1.93 bits per heavy atom. The first-order chi connectivity index (χ1) is 13.3. The molecule has 4 rings (SSSR count). The van der Waals surface area contributed by atoms with Gasteiger partial charge in [0.05, 0.1) is 17.2 Å². The number of halogens is 2. The monoisotopic (exact) mass is 411 g/mol. The molecule has 3 nitrogen and oxygen atoms in total. The second kappa shape index (κ2) is 6.81. The van der Waals surface area contributed by atoms with E-state index in [9.17, 15) is 5.26 Å². The molecule has 3 N–H and O–H groups in total. The Labute approximate surface area is 176 Å². The van der Waals surface area contributed by atoms with Gasteiger partial charge in [-0.15, -0.1) is 0 Å². The third kappa shape index (κ3) is 2.75. The third-order valence-electron chi connectivity index (χ3n) is 6.96. The fourth-order valence-corrected chi connectivity index (χ4v) is 5.61. The summed E-state index contributed by atoms with van der Waals surface area (Å²) in [6.45, 7) is 7.15. The van der Waals surface area contributed by atoms with Gasteiger partial charge < -0.3 is 11.1 Å². The normalized spacial score (nSPS) is 31.8. The Hall–Kier alpha value is -1.99. The van der Waals surface area contributed by atoms with Gasteiger partial charge in [0, 0.05) is 33.6 Å². The summed E-state index contributed by atoms with van der Waals surface area (Å²) < 4.78 is 0. The first-order valence-corrected chi connectivity index (χ1v) is 10.2. The van der Waals surface area contributed by atoms with E-state index in [0.717, 1.165) is 29.7 Å². The van der Waals surface area contributed by atoms with Gasteiger partial charge in [0.25, 0.3) is 0 Å². The molecule has 1 aliphatic carbocycles. The minimum atomic E-state index is -0.502. The molecule has 2 aliphatic rings. The first-order valence-electron chi connectivity index (χ1n) is 9.47. The summed E-state index contributed by atoms with van der Waals surface area (Å²) in [4.78, 5) is 0. The van der Waals surface area contributed by atoms with Crippen LogP contribution in [0.1, 0.15) is 48.3 Å². The summed E-state index contributed by atoms with van der Waals surface area (Å²) in [6.07, 6.45) is 1.87. The van der Waals surface area contributed by atoms with Crippen LogP contribution in [0.15, 0.2) is 54.7 Å². The number of nitriles is 1. The predicted octanol–water partition coefficient (Wildman–Crippen LogP) is 5.35.